The Kier molecular flexibility index (Phi) is 24.8. The van der Waals surface area contributed by atoms with Crippen molar-refractivity contribution in [3.63, 3.8) is 0 Å². The van der Waals surface area contributed by atoms with Crippen LogP contribution in [-0.2, 0) is 38.4 Å². The van der Waals surface area contributed by atoms with Crippen LogP contribution in [0.5, 0.6) is 0 Å². The summed E-state index contributed by atoms with van der Waals surface area (Å²) in [5.74, 6) is -14.9. The first-order chi connectivity index (χ1) is 45.9. The molecule has 0 aliphatic heterocycles. The Morgan fingerprint density at radius 1 is 0.397 bits per heavy atom. The van der Waals surface area contributed by atoms with Gasteiger partial charge in [0.25, 0.3) is 0 Å². The van der Waals surface area contributed by atoms with Crippen LogP contribution in [0, 0.1) is 41.4 Å². The largest absolute Gasteiger partial charge is 0.480 e. The van der Waals surface area contributed by atoms with Gasteiger partial charge in [0.05, 0.1) is 8.22 Å². The van der Waals surface area contributed by atoms with Gasteiger partial charge in [0.15, 0.2) is 4.24 Å². The minimum Gasteiger partial charge on any atom is -0.480 e. The number of carboxylic acid groups (broad SMARTS) is 1. The molecule has 0 aromatic heterocycles. The Labute approximate surface area is 499 Å². The fraction of sp³-hybridized carbons (Fsp3) is 0.860. The highest BCUT2D eigenvalue weighted by atomic mass is 16.4. The second kappa shape index (κ2) is 52.6. The normalized spacial score (nSPS) is 26.6. The summed E-state index contributed by atoms with van der Waals surface area (Å²) < 4.78 is 261. The number of amides is 7. The van der Waals surface area contributed by atoms with Crippen molar-refractivity contribution in [3.05, 3.63) is 0 Å². The summed E-state index contributed by atoms with van der Waals surface area (Å²) in [6, 6.07) is -13.2. The van der Waals surface area contributed by atoms with Crippen LogP contribution in [0.2, 0.25) is 4.24 Å². The molecule has 8 N–H and O–H groups in total. The van der Waals surface area contributed by atoms with Crippen molar-refractivity contribution in [2.75, 3.05) is 0 Å². The number of hydrogen-bond donors (Lipinski definition) is 8. The average molecular weight is 1080 g/mol. The molecule has 4 unspecified atom stereocenters. The summed E-state index contributed by atoms with van der Waals surface area (Å²) in [4.78, 5) is 87.2. The predicted molar refractivity (Wildman–Crippen MR) is 308 cm³/mol. The van der Waals surface area contributed by atoms with Crippen LogP contribution < -0.4 is 37.2 Å². The van der Waals surface area contributed by atoms with E-state index in [2.05, 4.69) is 21.3 Å². The van der Waals surface area contributed by atoms with Gasteiger partial charge in [-0.3, -0.25) is 33.6 Å². The molecule has 16 nitrogen and oxygen atoms in total. The molecule has 0 spiro atoms. The van der Waals surface area contributed by atoms with Gasteiger partial charge in [0, 0.05) is 120 Å². The topological polar surface area (TPSA) is 241 Å². The van der Waals surface area contributed by atoms with Crippen LogP contribution >= 0.6 is 0 Å². The standard InChI is InChI=1S/C8H15NO3.6C8H17NO.CH4/c1-5(2)4-7(8(11)12)9-6(3)10;6*1-6(2)5-7(3)9-8(4)10;/h5,7H,4H2,1-3H3,(H,9,10)(H,11,12);6*6-7H,5H2,1-4H3,(H,9,10);1H4/t7*7-;/m0111111./s1/i1D3,4D2,5D,7D;5D2,6D,7D;2*1D3,5D2,7D;2*5D2,7D;1D3;/hD3/t5?,7-;m;2*6?,7-;2m;6?,7-;. The molecule has 16 heteroatoms. The molecular weight excluding hydrogens is 927 g/mol. The number of aliphatic carboxylic acids is 1. The summed E-state index contributed by atoms with van der Waals surface area (Å²) >= 11 is 0. The maximum Gasteiger partial charge on any atom is 0.326 e. The minimum absolute atomic E-state index is 0. The van der Waals surface area contributed by atoms with E-state index in [0.29, 0.717) is 18.7 Å². The van der Waals surface area contributed by atoms with E-state index in [-0.39, 0.29) is 42.4 Å². The van der Waals surface area contributed by atoms with Crippen molar-refractivity contribution in [2.45, 2.75) is 281 Å². The van der Waals surface area contributed by atoms with Crippen LogP contribution in [0.3, 0.4) is 0 Å². The summed E-state index contributed by atoms with van der Waals surface area (Å²) in [5.41, 5.74) is 0. The number of rotatable bonds is 22. The summed E-state index contributed by atoms with van der Waals surface area (Å²) in [7, 11) is 0. The van der Waals surface area contributed by atoms with Crippen LogP contribution in [-0.4, -0.2) is 94.6 Å². The monoisotopic (exact) mass is 1080 g/mol. The lowest BCUT2D eigenvalue weighted by Gasteiger charge is -2.14. The van der Waals surface area contributed by atoms with Crippen molar-refractivity contribution < 1.29 is 91.6 Å². The SMILES string of the molecule is C.[2H]C(C)(C)C([2H])([2H])[C@@]([2H])(C)NC(C)=O.[2H]C([2H])(C(C)C)[C@@]([2H])(C)NC(C)=O.[2H]C([2H])([2H])C(C)C([2H])([2H])[C@@]([2H])(C)NC(C)=O.[2H]C([2H])([2H])C(C)C[C@@H](C)NC(C)=O.[2H]N(C(C)=O)[C@]([2H])(C(=O)O)C([2H])([2H])C([2H])(C)C([2H])([2H])[2H].[2H]N(C(C)=O)[C@]([2H])(C)C([2H])([2H])C(C)C.[2H]N(C(C)=O)[C@]([2H])(C)C([2H])([2H])C(C)C([2H])([2H])[2H]. The highest BCUT2D eigenvalue weighted by molar-refractivity contribution is 5.82. The van der Waals surface area contributed by atoms with Crippen molar-refractivity contribution in [1.82, 2.24) is 37.2 Å². The Morgan fingerprint density at radius 2 is 0.699 bits per heavy atom. The summed E-state index contributed by atoms with van der Waals surface area (Å²) in [6.45, 7) is 19.5. The van der Waals surface area contributed by atoms with E-state index in [1.54, 1.807) is 34.6 Å². The fourth-order valence-electron chi connectivity index (χ4n) is 4.70. The number of carbonyl (C=O) groups is 8. The first-order valence-corrected chi connectivity index (χ1v) is 22.7. The number of carboxylic acids is 1. The zero-order valence-electron chi connectivity index (χ0n) is 82.2. The lowest BCUT2D eigenvalue weighted by atomic mass is 10.0. The third-order valence-electron chi connectivity index (χ3n) is 5.97. The zero-order valence-corrected chi connectivity index (χ0v) is 47.2. The van der Waals surface area contributed by atoms with Gasteiger partial charge in [-0.25, -0.2) is 4.79 Å². The van der Waals surface area contributed by atoms with Gasteiger partial charge in [-0.15, -0.1) is 0 Å². The third-order valence-corrected chi connectivity index (χ3v) is 5.97. The third kappa shape index (κ3) is 94.2. The molecule has 0 fully saturated rings. The zero-order chi connectivity index (χ0) is 89.4. The number of nitrogens with one attached hydrogen (secondary N) is 7. The molecular formula is C57H121N7O9. The first kappa shape index (κ1) is 34.4. The van der Waals surface area contributed by atoms with Crippen molar-refractivity contribution in [3.8, 4) is 0 Å². The molecule has 438 valence electrons. The lowest BCUT2D eigenvalue weighted by Crippen LogP contribution is -2.40. The molecule has 0 saturated heterocycles. The summed E-state index contributed by atoms with van der Waals surface area (Å²) in [6.07, 6.45) is -13.7. The van der Waals surface area contributed by atoms with Crippen LogP contribution in [0.1, 0.15) is 283 Å². The van der Waals surface area contributed by atoms with E-state index in [1.807, 2.05) is 6.92 Å². The van der Waals surface area contributed by atoms with E-state index in [4.69, 9.17) is 53.2 Å². The van der Waals surface area contributed by atoms with E-state index in [9.17, 15) is 38.4 Å². The Bertz CT molecular complexity index is 2880. The van der Waals surface area contributed by atoms with Crippen molar-refractivity contribution >= 4 is 47.3 Å². The molecule has 0 radical (unpaired) electrons. The maximum absolute atomic E-state index is 11.2. The molecule has 0 aromatic carbocycles. The van der Waals surface area contributed by atoms with E-state index < -0.39 is 172 Å². The smallest absolute Gasteiger partial charge is 0.326 e. The van der Waals surface area contributed by atoms with E-state index in [1.165, 1.54) is 62.3 Å². The molecule has 0 aliphatic carbocycles. The Balaban J connectivity index is -0.000000181. The minimum atomic E-state index is -3.58. The molecule has 0 bridgehead atoms. The van der Waals surface area contributed by atoms with Gasteiger partial charge in [-0.2, -0.15) is 0 Å². The number of hydrogen-bond acceptors (Lipinski definition) is 8. The highest BCUT2D eigenvalue weighted by Gasteiger charge is 2.19. The molecule has 0 aromatic rings. The number of carbonyl (C=O) groups excluding carboxylic acids is 7. The summed E-state index contributed by atoms with van der Waals surface area (Å²) in [5, 5.41) is 18.3. The first-order valence-electron chi connectivity index (χ1n) is 40.0. The second-order valence-electron chi connectivity index (χ2n) is 16.6. The molecule has 0 saturated carbocycles. The molecule has 73 heavy (non-hydrogen) atoms. The van der Waals surface area contributed by atoms with Gasteiger partial charge in [0.1, 0.15) is 6.02 Å². The molecule has 11 atom stereocenters. The van der Waals surface area contributed by atoms with Crippen molar-refractivity contribution in [1.29, 1.82) is 0 Å². The maximum atomic E-state index is 11.2. The Morgan fingerprint density at radius 3 is 0.959 bits per heavy atom. The predicted octanol–water partition coefficient (Wildman–Crippen LogP) is 10.6. The van der Waals surface area contributed by atoms with Gasteiger partial charge in [-0.05, 0) is 128 Å². The van der Waals surface area contributed by atoms with Gasteiger partial charge < -0.3 is 42.3 Å². The fourth-order valence-corrected chi connectivity index (χ4v) is 4.70. The van der Waals surface area contributed by atoms with Gasteiger partial charge in [0.2, 0.25) is 41.4 Å². The second-order valence-corrected chi connectivity index (χ2v) is 16.6. The molecule has 7 amide bonds. The van der Waals surface area contributed by atoms with E-state index in [0.717, 1.165) is 48.5 Å². The van der Waals surface area contributed by atoms with Gasteiger partial charge >= 0.3 is 5.97 Å². The lowest BCUT2D eigenvalue weighted by molar-refractivity contribution is -0.142. The van der Waals surface area contributed by atoms with E-state index >= 15 is 0 Å². The van der Waals surface area contributed by atoms with Crippen LogP contribution in [0.15, 0.2) is 0 Å². The van der Waals surface area contributed by atoms with Crippen LogP contribution in [0.4, 0.5) is 0 Å². The van der Waals surface area contributed by atoms with Crippen molar-refractivity contribution in [2.24, 2.45) is 41.4 Å². The Hall–Kier alpha value is -4.24. The van der Waals surface area contributed by atoms with Gasteiger partial charge in [-0.1, -0.05) is 104 Å². The molecule has 0 rings (SSSR count). The molecule has 0 aliphatic rings. The average Bonchev–Trinajstić information content (AvgIpc) is 0.721. The molecule has 0 heterocycles. The quantitative estimate of drug-likeness (QED) is 0.0514. The highest BCUT2D eigenvalue weighted by Crippen LogP contribution is 2.07. The van der Waals surface area contributed by atoms with Crippen LogP contribution in [0.25, 0.3) is 0 Å².